The molecule has 1 aromatic heterocycles. The number of nitrogens with one attached hydrogen (secondary N) is 1. The molecule has 0 aliphatic heterocycles. The number of rotatable bonds is 4. The van der Waals surface area contributed by atoms with Crippen LogP contribution in [0.3, 0.4) is 0 Å². The van der Waals surface area contributed by atoms with Gasteiger partial charge >= 0.3 is 0 Å². The number of benzene rings is 2. The van der Waals surface area contributed by atoms with Crippen molar-refractivity contribution in [2.45, 2.75) is 6.42 Å². The van der Waals surface area contributed by atoms with Gasteiger partial charge in [-0.15, -0.1) is 0 Å². The fraction of sp³-hybridized carbons (Fsp3) is 0.188. The quantitative estimate of drug-likeness (QED) is 0.772. The van der Waals surface area contributed by atoms with E-state index in [4.69, 9.17) is 14.9 Å². The van der Waals surface area contributed by atoms with E-state index in [1.54, 1.807) is 13.2 Å². The summed E-state index contributed by atoms with van der Waals surface area (Å²) in [6.07, 6.45) is 0.265. The first-order valence-electron chi connectivity index (χ1n) is 6.72. The van der Waals surface area contributed by atoms with E-state index in [2.05, 4.69) is 5.32 Å². The predicted molar refractivity (Wildman–Crippen MR) is 82.6 cm³/mol. The Balaban J connectivity index is 2.12. The Bertz CT molecular complexity index is 808. The van der Waals surface area contributed by atoms with E-state index < -0.39 is 0 Å². The molecule has 1 heterocycles. The van der Waals surface area contributed by atoms with Crippen molar-refractivity contribution in [2.75, 3.05) is 19.0 Å². The van der Waals surface area contributed by atoms with Gasteiger partial charge < -0.3 is 20.2 Å². The van der Waals surface area contributed by atoms with Crippen LogP contribution in [0.4, 0.5) is 5.69 Å². The summed E-state index contributed by atoms with van der Waals surface area (Å²) in [5, 5.41) is 4.77. The lowest BCUT2D eigenvalue weighted by Crippen LogP contribution is -2.16. The highest BCUT2D eigenvalue weighted by Gasteiger charge is 2.13. The van der Waals surface area contributed by atoms with Crippen LogP contribution in [0.15, 0.2) is 40.8 Å². The van der Waals surface area contributed by atoms with Crippen molar-refractivity contribution in [3.63, 3.8) is 0 Å². The van der Waals surface area contributed by atoms with Gasteiger partial charge in [-0.3, -0.25) is 4.79 Å². The van der Waals surface area contributed by atoms with Crippen molar-refractivity contribution in [1.82, 2.24) is 0 Å². The molecule has 0 fully saturated rings. The average molecular weight is 284 g/mol. The summed E-state index contributed by atoms with van der Waals surface area (Å²) in [5.41, 5.74) is 7.48. The standard InChI is InChI=1S/C16H16N2O3/c1-20-15-8-11-10-4-2-3-5-13(10)21-14(11)9-12(15)18-16(19)6-7-17/h2-5,8-9H,6-7,17H2,1H3,(H,18,19). The predicted octanol–water partition coefficient (Wildman–Crippen LogP) is 2.88. The van der Waals surface area contributed by atoms with Gasteiger partial charge in [-0.1, -0.05) is 18.2 Å². The van der Waals surface area contributed by atoms with Gasteiger partial charge in [0.1, 0.15) is 16.9 Å². The first kappa shape index (κ1) is 13.5. The third-order valence-corrected chi connectivity index (χ3v) is 3.34. The molecular weight excluding hydrogens is 268 g/mol. The Morgan fingerprint density at radius 1 is 1.24 bits per heavy atom. The first-order chi connectivity index (χ1) is 10.2. The summed E-state index contributed by atoms with van der Waals surface area (Å²) < 4.78 is 11.2. The van der Waals surface area contributed by atoms with E-state index in [0.29, 0.717) is 23.6 Å². The van der Waals surface area contributed by atoms with E-state index in [0.717, 1.165) is 16.4 Å². The lowest BCUT2D eigenvalue weighted by atomic mass is 10.1. The Morgan fingerprint density at radius 3 is 2.81 bits per heavy atom. The number of hydrogen-bond acceptors (Lipinski definition) is 4. The van der Waals surface area contributed by atoms with Crippen molar-refractivity contribution in [3.05, 3.63) is 36.4 Å². The van der Waals surface area contributed by atoms with E-state index in [1.165, 1.54) is 0 Å². The van der Waals surface area contributed by atoms with Crippen molar-refractivity contribution in [3.8, 4) is 5.75 Å². The Labute approximate surface area is 121 Å². The molecule has 1 amide bonds. The normalized spacial score (nSPS) is 11.0. The third kappa shape index (κ3) is 2.43. The fourth-order valence-corrected chi connectivity index (χ4v) is 2.36. The van der Waals surface area contributed by atoms with E-state index in [1.807, 2.05) is 30.3 Å². The summed E-state index contributed by atoms with van der Waals surface area (Å²) in [5.74, 6) is 0.450. The number of furan rings is 1. The molecule has 0 saturated heterocycles. The largest absolute Gasteiger partial charge is 0.495 e. The zero-order valence-corrected chi connectivity index (χ0v) is 11.7. The summed E-state index contributed by atoms with van der Waals surface area (Å²) in [6.45, 7) is 0.307. The zero-order valence-electron chi connectivity index (χ0n) is 11.7. The topological polar surface area (TPSA) is 77.5 Å². The number of hydrogen-bond donors (Lipinski definition) is 2. The number of carbonyl (C=O) groups excluding carboxylic acids is 1. The monoisotopic (exact) mass is 284 g/mol. The van der Waals surface area contributed by atoms with Crippen LogP contribution in [-0.4, -0.2) is 19.6 Å². The molecule has 0 aliphatic rings. The number of nitrogens with two attached hydrogens (primary N) is 1. The highest BCUT2D eigenvalue weighted by atomic mass is 16.5. The Morgan fingerprint density at radius 2 is 2.05 bits per heavy atom. The van der Waals surface area contributed by atoms with E-state index in [9.17, 15) is 4.79 Å². The molecule has 0 spiro atoms. The minimum Gasteiger partial charge on any atom is -0.495 e. The first-order valence-corrected chi connectivity index (χ1v) is 6.72. The summed E-state index contributed by atoms with van der Waals surface area (Å²) in [7, 11) is 1.57. The second-order valence-electron chi connectivity index (χ2n) is 4.73. The van der Waals surface area contributed by atoms with E-state index in [-0.39, 0.29) is 12.3 Å². The van der Waals surface area contributed by atoms with Crippen LogP contribution in [-0.2, 0) is 4.79 Å². The minimum atomic E-state index is -0.147. The van der Waals surface area contributed by atoms with E-state index >= 15 is 0 Å². The molecular formula is C16H16N2O3. The molecule has 0 radical (unpaired) electrons. The minimum absolute atomic E-state index is 0.147. The molecule has 0 saturated carbocycles. The van der Waals surface area contributed by atoms with Gasteiger partial charge in [0.15, 0.2) is 0 Å². The molecule has 0 bridgehead atoms. The van der Waals surface area contributed by atoms with Gasteiger partial charge in [0, 0.05) is 29.8 Å². The van der Waals surface area contributed by atoms with Gasteiger partial charge in [-0.25, -0.2) is 0 Å². The molecule has 108 valence electrons. The molecule has 3 aromatic rings. The number of para-hydroxylation sites is 1. The van der Waals surface area contributed by atoms with Crippen molar-refractivity contribution in [2.24, 2.45) is 5.73 Å². The Hall–Kier alpha value is -2.53. The van der Waals surface area contributed by atoms with Gasteiger partial charge in [0.05, 0.1) is 12.8 Å². The zero-order chi connectivity index (χ0) is 14.8. The molecule has 3 rings (SSSR count). The lowest BCUT2D eigenvalue weighted by molar-refractivity contribution is -0.116. The van der Waals surface area contributed by atoms with Gasteiger partial charge in [0.2, 0.25) is 5.91 Å². The van der Waals surface area contributed by atoms with Crippen LogP contribution in [0.1, 0.15) is 6.42 Å². The number of ether oxygens (including phenoxy) is 1. The summed E-state index contributed by atoms with van der Waals surface area (Å²) in [4.78, 5) is 11.7. The molecule has 0 unspecified atom stereocenters. The molecule has 3 N–H and O–H groups in total. The van der Waals surface area contributed by atoms with Gasteiger partial charge in [-0.2, -0.15) is 0 Å². The Kier molecular flexibility index (Phi) is 3.50. The van der Waals surface area contributed by atoms with Crippen LogP contribution in [0.25, 0.3) is 21.9 Å². The number of anilines is 1. The second-order valence-corrected chi connectivity index (χ2v) is 4.73. The maximum absolute atomic E-state index is 11.7. The van der Waals surface area contributed by atoms with Crippen molar-refractivity contribution < 1.29 is 13.9 Å². The summed E-state index contributed by atoms with van der Waals surface area (Å²) >= 11 is 0. The van der Waals surface area contributed by atoms with Crippen LogP contribution in [0, 0.1) is 0 Å². The lowest BCUT2D eigenvalue weighted by Gasteiger charge is -2.09. The number of methoxy groups -OCH3 is 1. The fourth-order valence-electron chi connectivity index (χ4n) is 2.36. The second kappa shape index (κ2) is 5.46. The third-order valence-electron chi connectivity index (χ3n) is 3.34. The maximum atomic E-state index is 11.7. The van der Waals surface area contributed by atoms with Crippen LogP contribution in [0.2, 0.25) is 0 Å². The highest BCUT2D eigenvalue weighted by Crippen LogP contribution is 2.36. The van der Waals surface area contributed by atoms with Crippen LogP contribution >= 0.6 is 0 Å². The van der Waals surface area contributed by atoms with Crippen molar-refractivity contribution >= 4 is 33.5 Å². The van der Waals surface area contributed by atoms with Gasteiger partial charge in [0.25, 0.3) is 0 Å². The van der Waals surface area contributed by atoms with Crippen LogP contribution in [0.5, 0.6) is 5.75 Å². The number of fused-ring (bicyclic) bond motifs is 3. The molecule has 0 atom stereocenters. The number of carbonyl (C=O) groups is 1. The smallest absolute Gasteiger partial charge is 0.225 e. The maximum Gasteiger partial charge on any atom is 0.225 e. The van der Waals surface area contributed by atoms with Crippen molar-refractivity contribution in [1.29, 1.82) is 0 Å². The molecule has 0 aliphatic carbocycles. The molecule has 21 heavy (non-hydrogen) atoms. The number of amides is 1. The molecule has 2 aromatic carbocycles. The van der Waals surface area contributed by atoms with Crippen LogP contribution < -0.4 is 15.8 Å². The SMILES string of the molecule is COc1cc2c(cc1NC(=O)CCN)oc1ccccc12. The molecule has 5 heteroatoms. The summed E-state index contributed by atoms with van der Waals surface area (Å²) in [6, 6.07) is 11.4. The molecule has 5 nitrogen and oxygen atoms in total. The van der Waals surface area contributed by atoms with Gasteiger partial charge in [-0.05, 0) is 12.1 Å². The average Bonchev–Trinajstić information content (AvgIpc) is 2.84. The highest BCUT2D eigenvalue weighted by molar-refractivity contribution is 6.07.